The number of dihydropyridines is 1. The molecule has 6 nitrogen and oxygen atoms in total. The number of carbonyl (C=O) groups excluding carboxylic acids is 2. The van der Waals surface area contributed by atoms with Gasteiger partial charge in [-0.15, -0.1) is 11.3 Å². The topological polar surface area (TPSA) is 94.0 Å². The molecule has 0 spiro atoms. The van der Waals surface area contributed by atoms with Crippen molar-refractivity contribution in [2.45, 2.75) is 19.4 Å². The largest absolute Gasteiger partial charge is 0.353 e. The van der Waals surface area contributed by atoms with E-state index in [0.29, 0.717) is 34.1 Å². The SMILES string of the molecule is CC1=C(C(=O)Nc2ccccc2)C(c2cccs2)C(C#N)=C(SCC(=O)NCc2ccc(Br)cc2)N1. The van der Waals surface area contributed by atoms with E-state index in [4.69, 9.17) is 0 Å². The van der Waals surface area contributed by atoms with Gasteiger partial charge in [0.25, 0.3) is 5.91 Å². The van der Waals surface area contributed by atoms with Crippen LogP contribution in [-0.4, -0.2) is 17.6 Å². The van der Waals surface area contributed by atoms with Crippen LogP contribution in [0.4, 0.5) is 5.69 Å². The first-order valence-electron chi connectivity index (χ1n) is 11.1. The lowest BCUT2D eigenvalue weighted by Gasteiger charge is -2.29. The van der Waals surface area contributed by atoms with Crippen LogP contribution in [-0.2, 0) is 16.1 Å². The molecule has 0 saturated heterocycles. The van der Waals surface area contributed by atoms with Gasteiger partial charge in [0, 0.05) is 32.9 Å². The minimum Gasteiger partial charge on any atom is -0.353 e. The summed E-state index contributed by atoms with van der Waals surface area (Å²) in [5.41, 5.74) is 3.24. The highest BCUT2D eigenvalue weighted by Gasteiger charge is 2.35. The first-order chi connectivity index (χ1) is 17.5. The molecule has 1 atom stereocenters. The van der Waals surface area contributed by atoms with Crippen molar-refractivity contribution >= 4 is 56.5 Å². The highest BCUT2D eigenvalue weighted by molar-refractivity contribution is 9.10. The molecule has 0 bridgehead atoms. The smallest absolute Gasteiger partial charge is 0.254 e. The molecule has 1 aliphatic rings. The summed E-state index contributed by atoms with van der Waals surface area (Å²) in [4.78, 5) is 26.8. The molecule has 1 aliphatic heterocycles. The minimum absolute atomic E-state index is 0.139. The molecule has 36 heavy (non-hydrogen) atoms. The van der Waals surface area contributed by atoms with Crippen LogP contribution < -0.4 is 16.0 Å². The van der Waals surface area contributed by atoms with E-state index in [1.54, 1.807) is 0 Å². The Bertz CT molecular complexity index is 1340. The second-order valence-electron chi connectivity index (χ2n) is 7.98. The highest BCUT2D eigenvalue weighted by atomic mass is 79.9. The zero-order valence-electron chi connectivity index (χ0n) is 19.4. The number of nitrogens with one attached hydrogen (secondary N) is 3. The number of anilines is 1. The fourth-order valence-corrected chi connectivity index (χ4v) is 5.81. The van der Waals surface area contributed by atoms with Gasteiger partial charge in [-0.25, -0.2) is 0 Å². The van der Waals surface area contributed by atoms with Crippen LogP contribution in [0.25, 0.3) is 0 Å². The number of benzene rings is 2. The number of amides is 2. The number of thioether (sulfide) groups is 1. The van der Waals surface area contributed by atoms with Gasteiger partial charge >= 0.3 is 0 Å². The normalized spacial score (nSPS) is 15.2. The predicted molar refractivity (Wildman–Crippen MR) is 149 cm³/mol. The van der Waals surface area contributed by atoms with Crippen LogP contribution in [0.5, 0.6) is 0 Å². The molecule has 0 aliphatic carbocycles. The van der Waals surface area contributed by atoms with Crippen LogP contribution >= 0.6 is 39.0 Å². The molecule has 0 saturated carbocycles. The number of para-hydroxylation sites is 1. The standard InChI is InChI=1S/C27H23BrN4O2S2/c1-17-24(26(34)32-20-6-3-2-4-7-20)25(22-8-5-13-35-22)21(14-29)27(31-17)36-16-23(33)30-15-18-9-11-19(28)12-10-18/h2-13,25,31H,15-16H2,1H3,(H,30,33)(H,32,34). The summed E-state index contributed by atoms with van der Waals surface area (Å²) in [6.07, 6.45) is 0. The summed E-state index contributed by atoms with van der Waals surface area (Å²) in [5.74, 6) is -0.793. The van der Waals surface area contributed by atoms with E-state index < -0.39 is 5.92 Å². The minimum atomic E-state index is -0.520. The number of hydrogen-bond donors (Lipinski definition) is 3. The number of thiophene rings is 1. The molecule has 2 aromatic carbocycles. The summed E-state index contributed by atoms with van der Waals surface area (Å²) < 4.78 is 0.980. The Morgan fingerprint density at radius 2 is 1.86 bits per heavy atom. The van der Waals surface area contributed by atoms with Crippen molar-refractivity contribution in [2.75, 3.05) is 11.1 Å². The Morgan fingerprint density at radius 1 is 1.11 bits per heavy atom. The molecule has 2 amide bonds. The molecule has 3 aromatic rings. The lowest BCUT2D eigenvalue weighted by Crippen LogP contribution is -2.31. The number of hydrogen-bond acceptors (Lipinski definition) is 6. The van der Waals surface area contributed by atoms with Crippen molar-refractivity contribution in [3.05, 3.63) is 109 Å². The average molecular weight is 580 g/mol. The number of carbonyl (C=O) groups is 2. The van der Waals surface area contributed by atoms with Crippen LogP contribution in [0, 0.1) is 11.3 Å². The lowest BCUT2D eigenvalue weighted by molar-refractivity contribution is -0.118. The van der Waals surface area contributed by atoms with Crippen molar-refractivity contribution in [3.8, 4) is 6.07 Å². The number of rotatable bonds is 8. The Balaban J connectivity index is 1.51. The summed E-state index contributed by atoms with van der Waals surface area (Å²) in [7, 11) is 0. The molecule has 182 valence electrons. The van der Waals surface area contributed by atoms with Gasteiger partial charge in [0.05, 0.1) is 28.3 Å². The number of nitrogens with zero attached hydrogens (tertiary/aromatic N) is 1. The Hall–Kier alpha value is -3.32. The van der Waals surface area contributed by atoms with E-state index in [1.807, 2.05) is 79.0 Å². The van der Waals surface area contributed by atoms with E-state index >= 15 is 0 Å². The van der Waals surface area contributed by atoms with Crippen LogP contribution in [0.3, 0.4) is 0 Å². The van der Waals surface area contributed by atoms with E-state index in [2.05, 4.69) is 37.9 Å². The van der Waals surface area contributed by atoms with Gasteiger partial charge < -0.3 is 16.0 Å². The van der Waals surface area contributed by atoms with Gasteiger partial charge in [-0.3, -0.25) is 9.59 Å². The molecule has 9 heteroatoms. The van der Waals surface area contributed by atoms with Gasteiger partial charge in [0.15, 0.2) is 0 Å². The van der Waals surface area contributed by atoms with Gasteiger partial charge in [0.1, 0.15) is 0 Å². The summed E-state index contributed by atoms with van der Waals surface area (Å²) in [6.45, 7) is 2.24. The second-order valence-corrected chi connectivity index (χ2v) is 10.9. The Labute approximate surface area is 226 Å². The van der Waals surface area contributed by atoms with Crippen molar-refractivity contribution in [1.29, 1.82) is 5.26 Å². The maximum Gasteiger partial charge on any atom is 0.254 e. The van der Waals surface area contributed by atoms with Crippen molar-refractivity contribution in [3.63, 3.8) is 0 Å². The first-order valence-corrected chi connectivity index (χ1v) is 13.8. The number of nitriles is 1. The monoisotopic (exact) mass is 578 g/mol. The first kappa shape index (κ1) is 25.8. The van der Waals surface area contributed by atoms with E-state index in [-0.39, 0.29) is 17.6 Å². The molecular weight excluding hydrogens is 556 g/mol. The fraction of sp³-hybridized carbons (Fsp3) is 0.148. The van der Waals surface area contributed by atoms with Crippen molar-refractivity contribution in [2.24, 2.45) is 0 Å². The van der Waals surface area contributed by atoms with E-state index in [9.17, 15) is 14.9 Å². The average Bonchev–Trinajstić information content (AvgIpc) is 3.42. The quantitative estimate of drug-likeness (QED) is 0.309. The molecule has 0 fully saturated rings. The molecule has 1 unspecified atom stereocenters. The van der Waals surface area contributed by atoms with Gasteiger partial charge in [0.2, 0.25) is 5.91 Å². The van der Waals surface area contributed by atoms with Crippen LogP contribution in [0.15, 0.2) is 98.5 Å². The Morgan fingerprint density at radius 3 is 2.53 bits per heavy atom. The second kappa shape index (κ2) is 12.1. The molecule has 3 N–H and O–H groups in total. The number of allylic oxidation sites excluding steroid dienone is 2. The summed E-state index contributed by atoms with van der Waals surface area (Å²) in [6, 6.07) is 23.1. The third-order valence-electron chi connectivity index (χ3n) is 5.50. The zero-order valence-corrected chi connectivity index (χ0v) is 22.6. The van der Waals surface area contributed by atoms with Crippen molar-refractivity contribution in [1.82, 2.24) is 10.6 Å². The summed E-state index contributed by atoms with van der Waals surface area (Å²) >= 11 is 6.16. The summed E-state index contributed by atoms with van der Waals surface area (Å²) in [5, 5.41) is 21.7. The Kier molecular flexibility index (Phi) is 8.65. The molecular formula is C27H23BrN4O2S2. The van der Waals surface area contributed by atoms with Gasteiger partial charge in [-0.1, -0.05) is 64.1 Å². The third-order valence-corrected chi connectivity index (χ3v) is 7.98. The lowest BCUT2D eigenvalue weighted by atomic mass is 9.86. The van der Waals surface area contributed by atoms with Crippen molar-refractivity contribution < 1.29 is 9.59 Å². The van der Waals surface area contributed by atoms with Crippen LogP contribution in [0.2, 0.25) is 0 Å². The van der Waals surface area contributed by atoms with Gasteiger partial charge in [-0.05, 0) is 48.2 Å². The fourth-order valence-electron chi connectivity index (χ4n) is 3.78. The molecule has 1 aromatic heterocycles. The van der Waals surface area contributed by atoms with Gasteiger partial charge in [-0.2, -0.15) is 5.26 Å². The van der Waals surface area contributed by atoms with E-state index in [1.165, 1.54) is 23.1 Å². The van der Waals surface area contributed by atoms with E-state index in [0.717, 1.165) is 14.9 Å². The highest BCUT2D eigenvalue weighted by Crippen LogP contribution is 2.42. The predicted octanol–water partition coefficient (Wildman–Crippen LogP) is 5.89. The molecule has 0 radical (unpaired) electrons. The third kappa shape index (κ3) is 6.26. The number of halogens is 1. The zero-order chi connectivity index (χ0) is 25.5. The maximum absolute atomic E-state index is 13.3. The maximum atomic E-state index is 13.3. The van der Waals surface area contributed by atoms with Crippen LogP contribution in [0.1, 0.15) is 23.3 Å². The molecule has 2 heterocycles. The molecule has 4 rings (SSSR count).